The van der Waals surface area contributed by atoms with Crippen molar-refractivity contribution in [2.45, 2.75) is 122 Å². The summed E-state index contributed by atoms with van der Waals surface area (Å²) >= 11 is 0. The highest BCUT2D eigenvalue weighted by Crippen LogP contribution is 2.36. The second-order valence-corrected chi connectivity index (χ2v) is 15.0. The minimum atomic E-state index is -1.26. The van der Waals surface area contributed by atoms with Crippen molar-refractivity contribution >= 4 is 24.2 Å². The standard InChI is InChI=1S/C44H56N4O12.CO2/c1-29-37(46-47-45)42(53-24-16-8-15-23-48(25-33-17-9-5-10-18-33)44(52)56-27-35-21-13-7-14-22-35)59-36(28-54-31(3)49)39(29)60-43-41(58-32(4)50)40(38(51)30(2)57-43)55-26-34-19-11-6-12-20-34;2-1-3/h5-7,9-14,17-22,29-30,36-43,51H,8,15-16,23-28H2,1-4H3;/t29-,30?,36?,37?,38-,39+,40?,41+,42+,43+;/m1./s1. The molecule has 0 radical (unpaired) electrons. The lowest BCUT2D eigenvalue weighted by Gasteiger charge is -2.48. The van der Waals surface area contributed by atoms with Crippen LogP contribution in [-0.2, 0) is 76.8 Å². The fourth-order valence-corrected chi connectivity index (χ4v) is 7.17. The van der Waals surface area contributed by atoms with Gasteiger partial charge in [0.2, 0.25) is 0 Å². The van der Waals surface area contributed by atoms with Crippen molar-refractivity contribution in [2.75, 3.05) is 19.8 Å². The van der Waals surface area contributed by atoms with Crippen LogP contribution in [0.4, 0.5) is 4.79 Å². The highest BCUT2D eigenvalue weighted by atomic mass is 16.7. The Balaban J connectivity index is 0.00000282. The lowest BCUT2D eigenvalue weighted by atomic mass is 9.88. The van der Waals surface area contributed by atoms with Gasteiger partial charge in [-0.05, 0) is 54.3 Å². The Morgan fingerprint density at radius 1 is 0.762 bits per heavy atom. The van der Waals surface area contributed by atoms with Crippen LogP contribution in [0.5, 0.6) is 0 Å². The van der Waals surface area contributed by atoms with E-state index in [1.54, 1.807) is 18.7 Å². The molecule has 2 heterocycles. The number of ether oxygens (including phenoxy) is 8. The third-order valence-corrected chi connectivity index (χ3v) is 10.3. The molecule has 2 fully saturated rings. The number of carbonyl (C=O) groups is 3. The van der Waals surface area contributed by atoms with Gasteiger partial charge in [-0.2, -0.15) is 9.59 Å². The van der Waals surface area contributed by atoms with Crippen molar-refractivity contribution in [2.24, 2.45) is 11.0 Å². The lowest BCUT2D eigenvalue weighted by molar-refractivity contribution is -0.342. The van der Waals surface area contributed by atoms with Crippen molar-refractivity contribution in [3.63, 3.8) is 0 Å². The molecule has 0 aliphatic carbocycles. The van der Waals surface area contributed by atoms with Gasteiger partial charge in [0, 0.05) is 38.5 Å². The molecule has 2 aliphatic heterocycles. The summed E-state index contributed by atoms with van der Waals surface area (Å²) in [5, 5.41) is 15.2. The van der Waals surface area contributed by atoms with Crippen LogP contribution in [0.15, 0.2) is 96.1 Å². The highest BCUT2D eigenvalue weighted by molar-refractivity contribution is 5.68. The summed E-state index contributed by atoms with van der Waals surface area (Å²) in [6, 6.07) is 27.6. The van der Waals surface area contributed by atoms with E-state index in [1.165, 1.54) is 13.8 Å². The molecule has 10 atom stereocenters. The normalized spacial score (nSPS) is 25.2. The Morgan fingerprint density at radius 2 is 1.37 bits per heavy atom. The van der Waals surface area contributed by atoms with Crippen LogP contribution in [0, 0.1) is 5.92 Å². The van der Waals surface area contributed by atoms with Crippen molar-refractivity contribution in [1.82, 2.24) is 4.90 Å². The Labute approximate surface area is 366 Å². The fraction of sp³-hybridized carbons (Fsp3) is 0.511. The van der Waals surface area contributed by atoms with Gasteiger partial charge < -0.3 is 47.9 Å². The summed E-state index contributed by atoms with van der Waals surface area (Å²) in [5.74, 6) is -1.80. The van der Waals surface area contributed by atoms with E-state index < -0.39 is 79.2 Å². The molecule has 0 saturated carbocycles. The number of azide groups is 1. The molecule has 3 aromatic rings. The van der Waals surface area contributed by atoms with E-state index in [4.69, 9.17) is 47.5 Å². The zero-order valence-corrected chi connectivity index (χ0v) is 35.8. The van der Waals surface area contributed by atoms with Gasteiger partial charge in [0.15, 0.2) is 18.7 Å². The zero-order valence-electron chi connectivity index (χ0n) is 35.8. The first-order valence-electron chi connectivity index (χ1n) is 20.7. The molecule has 18 nitrogen and oxygen atoms in total. The van der Waals surface area contributed by atoms with Crippen LogP contribution >= 0.6 is 0 Å². The number of amides is 1. The molecule has 0 bridgehead atoms. The molecule has 1 N–H and O–H groups in total. The van der Waals surface area contributed by atoms with Gasteiger partial charge in [-0.1, -0.05) is 103 Å². The molecule has 1 amide bonds. The van der Waals surface area contributed by atoms with E-state index in [2.05, 4.69) is 10.0 Å². The van der Waals surface area contributed by atoms with E-state index >= 15 is 0 Å². The van der Waals surface area contributed by atoms with E-state index in [0.29, 0.717) is 32.4 Å². The second-order valence-electron chi connectivity index (χ2n) is 15.0. The molecule has 2 saturated heterocycles. The number of benzene rings is 3. The third kappa shape index (κ3) is 16.2. The van der Waals surface area contributed by atoms with Gasteiger partial charge in [0.05, 0.1) is 24.9 Å². The minimum Gasteiger partial charge on any atom is -0.463 e. The fourth-order valence-electron chi connectivity index (χ4n) is 7.17. The summed E-state index contributed by atoms with van der Waals surface area (Å²) < 4.78 is 48.0. The number of unbranched alkanes of at least 4 members (excludes halogenated alkanes) is 2. The number of hydrogen-bond acceptors (Lipinski definition) is 15. The van der Waals surface area contributed by atoms with Gasteiger partial charge in [-0.15, -0.1) is 0 Å². The first-order chi connectivity index (χ1) is 30.4. The molecule has 2 aliphatic rings. The Morgan fingerprint density at radius 3 is 1.95 bits per heavy atom. The Bertz CT molecular complexity index is 1920. The van der Waals surface area contributed by atoms with Crippen molar-refractivity contribution in [3.8, 4) is 0 Å². The Hall–Kier alpha value is -5.68. The second kappa shape index (κ2) is 26.7. The van der Waals surface area contributed by atoms with Crippen LogP contribution in [-0.4, -0.2) is 109 Å². The average molecular weight is 877 g/mol. The van der Waals surface area contributed by atoms with Crippen LogP contribution in [0.3, 0.4) is 0 Å². The summed E-state index contributed by atoms with van der Waals surface area (Å²) in [6.07, 6.45) is -6.58. The Kier molecular flexibility index (Phi) is 21.2. The van der Waals surface area contributed by atoms with Crippen LogP contribution in [0.1, 0.15) is 63.6 Å². The summed E-state index contributed by atoms with van der Waals surface area (Å²) in [6.45, 7) is 7.05. The average Bonchev–Trinajstić information content (AvgIpc) is 3.27. The van der Waals surface area contributed by atoms with Gasteiger partial charge in [0.1, 0.15) is 31.5 Å². The molecule has 340 valence electrons. The third-order valence-electron chi connectivity index (χ3n) is 10.3. The van der Waals surface area contributed by atoms with Gasteiger partial charge in [-0.25, -0.2) is 4.79 Å². The predicted molar refractivity (Wildman–Crippen MR) is 221 cm³/mol. The number of aliphatic hydroxyl groups is 1. The zero-order chi connectivity index (χ0) is 45.6. The van der Waals surface area contributed by atoms with E-state index in [0.717, 1.165) is 16.7 Å². The van der Waals surface area contributed by atoms with Gasteiger partial charge >= 0.3 is 24.2 Å². The van der Waals surface area contributed by atoms with Crippen LogP contribution in [0.25, 0.3) is 10.4 Å². The molecular formula is C45H56N4O14. The molecule has 0 aromatic heterocycles. The van der Waals surface area contributed by atoms with Crippen molar-refractivity contribution in [3.05, 3.63) is 118 Å². The monoisotopic (exact) mass is 876 g/mol. The molecule has 5 rings (SSSR count). The van der Waals surface area contributed by atoms with Crippen LogP contribution < -0.4 is 0 Å². The molecule has 3 aromatic carbocycles. The quantitative estimate of drug-likeness (QED) is 0.0341. The molecule has 0 spiro atoms. The molecule has 4 unspecified atom stereocenters. The number of hydrogen-bond donors (Lipinski definition) is 1. The smallest absolute Gasteiger partial charge is 0.410 e. The largest absolute Gasteiger partial charge is 0.463 e. The van der Waals surface area contributed by atoms with E-state index in [-0.39, 0.29) is 32.6 Å². The number of nitrogens with zero attached hydrogens (tertiary/aromatic N) is 4. The lowest BCUT2D eigenvalue weighted by Crippen LogP contribution is -2.63. The number of carbonyl (C=O) groups excluding carboxylic acids is 5. The van der Waals surface area contributed by atoms with Crippen molar-refractivity contribution in [1.29, 1.82) is 0 Å². The number of rotatable bonds is 20. The minimum absolute atomic E-state index is 0.114. The summed E-state index contributed by atoms with van der Waals surface area (Å²) in [5.41, 5.74) is 12.3. The molecular weight excluding hydrogens is 821 g/mol. The summed E-state index contributed by atoms with van der Waals surface area (Å²) in [7, 11) is 0. The van der Waals surface area contributed by atoms with E-state index in [9.17, 15) is 25.0 Å². The molecule has 63 heavy (non-hydrogen) atoms. The summed E-state index contributed by atoms with van der Waals surface area (Å²) in [4.78, 5) is 58.5. The number of esters is 2. The van der Waals surface area contributed by atoms with Gasteiger partial charge in [-0.3, -0.25) is 9.59 Å². The maximum Gasteiger partial charge on any atom is 0.410 e. The SMILES string of the molecule is CC(=O)OCC1O[C@H](OCCCCCN(Cc2ccccc2)C(=O)OCc2ccccc2)C(N=[N+]=[N-])[C@@H](C)[C@@H]1O[C@@H]1OC(C)[C@@H](O)C(OCc2ccccc2)[C@@H]1OC(C)=O.O=C=O. The molecule has 18 heteroatoms. The maximum atomic E-state index is 13.2. The number of aliphatic hydroxyl groups excluding tert-OH is 1. The van der Waals surface area contributed by atoms with Crippen molar-refractivity contribution < 1.29 is 67.0 Å². The van der Waals surface area contributed by atoms with Crippen LogP contribution in [0.2, 0.25) is 0 Å². The van der Waals surface area contributed by atoms with Gasteiger partial charge in [0.25, 0.3) is 0 Å². The highest BCUT2D eigenvalue weighted by Gasteiger charge is 2.52. The predicted octanol–water partition coefficient (Wildman–Crippen LogP) is 6.04. The van der Waals surface area contributed by atoms with E-state index in [1.807, 2.05) is 91.0 Å². The first kappa shape index (κ1) is 50.0. The topological polar surface area (TPSA) is 231 Å². The first-order valence-corrected chi connectivity index (χ1v) is 20.7. The maximum absolute atomic E-state index is 13.2.